The van der Waals surface area contributed by atoms with Crippen molar-refractivity contribution in [3.05, 3.63) is 35.9 Å². The molecule has 0 radical (unpaired) electrons. The number of rotatable bonds is 12. The van der Waals surface area contributed by atoms with E-state index >= 15 is 0 Å². The summed E-state index contributed by atoms with van der Waals surface area (Å²) < 4.78 is 0. The van der Waals surface area contributed by atoms with E-state index in [2.05, 4.69) is 22.4 Å². The average Bonchev–Trinajstić information content (AvgIpc) is 2.99. The van der Waals surface area contributed by atoms with Gasteiger partial charge in [-0.25, -0.2) is 0 Å². The number of halogens is 1. The van der Waals surface area contributed by atoms with Crippen LogP contribution in [0.2, 0.25) is 0 Å². The molecule has 31 heavy (non-hydrogen) atoms. The highest BCUT2D eigenvalue weighted by molar-refractivity contribution is 5.87. The predicted molar refractivity (Wildman–Crippen MR) is 122 cm³/mol. The molecule has 1 saturated heterocycles. The largest absolute Gasteiger partial charge is 0.370 e. The van der Waals surface area contributed by atoms with Gasteiger partial charge in [0.2, 0.25) is 17.7 Å². The lowest BCUT2D eigenvalue weighted by molar-refractivity contribution is -0.134. The number of benzene rings is 1. The smallest absolute Gasteiger partial charge is 0.226 e. The molecule has 172 valence electrons. The first kappa shape index (κ1) is 26.2. The van der Waals surface area contributed by atoms with E-state index in [4.69, 9.17) is 17.2 Å². The molecule has 0 aromatic heterocycles. The number of aryl methyl sites for hydroxylation is 1. The molecule has 1 fully saturated rings. The van der Waals surface area contributed by atoms with Gasteiger partial charge in [0.25, 0.3) is 0 Å². The summed E-state index contributed by atoms with van der Waals surface area (Å²) in [7, 11) is 0. The molecule has 7 N–H and O–H groups in total. The molecular formula is C21H33ClN6O3. The van der Waals surface area contributed by atoms with Crippen molar-refractivity contribution in [2.24, 2.45) is 28.1 Å². The number of carbonyl (C=O) groups excluding carboxylic acids is 3. The normalized spacial score (nSPS) is 17.7. The third-order valence-corrected chi connectivity index (χ3v) is 5.18. The first-order valence-corrected chi connectivity index (χ1v) is 10.3. The highest BCUT2D eigenvalue weighted by Crippen LogP contribution is 2.27. The molecule has 0 aliphatic carbocycles. The van der Waals surface area contributed by atoms with Crippen LogP contribution in [0.15, 0.2) is 35.3 Å². The van der Waals surface area contributed by atoms with E-state index in [1.54, 1.807) is 4.90 Å². The number of nitrogens with one attached hydrogen (secondary N) is 1. The molecule has 0 unspecified atom stereocenters. The summed E-state index contributed by atoms with van der Waals surface area (Å²) in [6.07, 6.45) is 3.06. The predicted octanol–water partition coefficient (Wildman–Crippen LogP) is 0.303. The van der Waals surface area contributed by atoms with Crippen molar-refractivity contribution in [3.8, 4) is 0 Å². The van der Waals surface area contributed by atoms with Crippen molar-refractivity contribution in [2.45, 2.75) is 44.6 Å². The molecule has 0 bridgehead atoms. The molecule has 1 aromatic carbocycles. The molecule has 3 amide bonds. The molecule has 2 atom stereocenters. The summed E-state index contributed by atoms with van der Waals surface area (Å²) in [5.41, 5.74) is 17.0. The number of primary amides is 1. The van der Waals surface area contributed by atoms with Gasteiger partial charge in [-0.1, -0.05) is 30.3 Å². The highest BCUT2D eigenvalue weighted by atomic mass is 35.5. The maximum Gasteiger partial charge on any atom is 0.226 e. The number of hydrogen-bond acceptors (Lipinski definition) is 4. The van der Waals surface area contributed by atoms with Crippen LogP contribution in [0.3, 0.4) is 0 Å². The molecule has 1 aliphatic rings. The molecule has 10 heteroatoms. The van der Waals surface area contributed by atoms with Gasteiger partial charge in [0, 0.05) is 44.4 Å². The molecule has 2 rings (SSSR count). The van der Waals surface area contributed by atoms with E-state index in [0.717, 1.165) is 12.8 Å². The minimum Gasteiger partial charge on any atom is -0.370 e. The Morgan fingerprint density at radius 3 is 2.48 bits per heavy atom. The SMILES string of the molecule is Cl.NC(=O)C[C@@H]1C[C@@H](CNC(=O)CCCN=C(N)N)N(CCCc2ccccc2)C1=O. The van der Waals surface area contributed by atoms with Crippen molar-refractivity contribution in [1.82, 2.24) is 10.2 Å². The second kappa shape index (κ2) is 13.5. The van der Waals surface area contributed by atoms with Crippen molar-refractivity contribution in [3.63, 3.8) is 0 Å². The average molecular weight is 453 g/mol. The number of nitrogens with two attached hydrogens (primary N) is 3. The second-order valence-electron chi connectivity index (χ2n) is 7.59. The number of nitrogens with zero attached hydrogens (tertiary/aromatic N) is 2. The van der Waals surface area contributed by atoms with Gasteiger partial charge < -0.3 is 27.4 Å². The van der Waals surface area contributed by atoms with Crippen LogP contribution >= 0.6 is 12.4 Å². The Bertz CT molecular complexity index is 755. The molecule has 0 spiro atoms. The fraction of sp³-hybridized carbons (Fsp3) is 0.524. The summed E-state index contributed by atoms with van der Waals surface area (Å²) in [6.45, 7) is 1.32. The zero-order chi connectivity index (χ0) is 21.9. The van der Waals surface area contributed by atoms with E-state index in [-0.39, 0.29) is 42.6 Å². The van der Waals surface area contributed by atoms with Crippen molar-refractivity contribution in [2.75, 3.05) is 19.6 Å². The quantitative estimate of drug-likeness (QED) is 0.204. The van der Waals surface area contributed by atoms with Crippen LogP contribution in [-0.2, 0) is 20.8 Å². The van der Waals surface area contributed by atoms with Crippen LogP contribution in [0.1, 0.15) is 37.7 Å². The molecular weight excluding hydrogens is 420 g/mol. The Balaban J connectivity index is 0.00000480. The maximum atomic E-state index is 12.8. The summed E-state index contributed by atoms with van der Waals surface area (Å²) in [6, 6.07) is 9.93. The zero-order valence-corrected chi connectivity index (χ0v) is 18.5. The highest BCUT2D eigenvalue weighted by Gasteiger charge is 2.39. The van der Waals surface area contributed by atoms with E-state index < -0.39 is 11.8 Å². The van der Waals surface area contributed by atoms with Crippen LogP contribution in [0.5, 0.6) is 0 Å². The van der Waals surface area contributed by atoms with E-state index in [0.29, 0.717) is 38.9 Å². The number of likely N-dealkylation sites (tertiary alicyclic amines) is 1. The topological polar surface area (TPSA) is 157 Å². The Morgan fingerprint density at radius 1 is 1.13 bits per heavy atom. The van der Waals surface area contributed by atoms with Gasteiger partial charge in [-0.3, -0.25) is 19.4 Å². The summed E-state index contributed by atoms with van der Waals surface area (Å²) in [5, 5.41) is 2.89. The van der Waals surface area contributed by atoms with Crippen LogP contribution < -0.4 is 22.5 Å². The van der Waals surface area contributed by atoms with Gasteiger partial charge in [0.05, 0.1) is 0 Å². The van der Waals surface area contributed by atoms with Crippen LogP contribution in [0, 0.1) is 5.92 Å². The van der Waals surface area contributed by atoms with E-state index in [1.807, 2.05) is 18.2 Å². The van der Waals surface area contributed by atoms with Gasteiger partial charge in [0.1, 0.15) is 0 Å². The lowest BCUT2D eigenvalue weighted by Crippen LogP contribution is -2.42. The summed E-state index contributed by atoms with van der Waals surface area (Å²) in [4.78, 5) is 41.8. The Kier molecular flexibility index (Phi) is 11.4. The van der Waals surface area contributed by atoms with Gasteiger partial charge in [-0.05, 0) is 31.2 Å². The minimum atomic E-state index is -0.484. The third-order valence-electron chi connectivity index (χ3n) is 5.18. The minimum absolute atomic E-state index is 0. The van der Waals surface area contributed by atoms with Crippen molar-refractivity contribution in [1.29, 1.82) is 0 Å². The fourth-order valence-corrected chi connectivity index (χ4v) is 3.74. The lowest BCUT2D eigenvalue weighted by atomic mass is 10.0. The van der Waals surface area contributed by atoms with E-state index in [9.17, 15) is 14.4 Å². The fourth-order valence-electron chi connectivity index (χ4n) is 3.74. The second-order valence-corrected chi connectivity index (χ2v) is 7.59. The molecule has 1 aliphatic heterocycles. The van der Waals surface area contributed by atoms with E-state index in [1.165, 1.54) is 5.56 Å². The zero-order valence-electron chi connectivity index (χ0n) is 17.7. The van der Waals surface area contributed by atoms with Gasteiger partial charge in [-0.15, -0.1) is 12.4 Å². The lowest BCUT2D eigenvalue weighted by Gasteiger charge is -2.25. The maximum absolute atomic E-state index is 12.8. The van der Waals surface area contributed by atoms with Crippen molar-refractivity contribution < 1.29 is 14.4 Å². The first-order chi connectivity index (χ1) is 14.4. The Labute approximate surface area is 189 Å². The standard InChI is InChI=1S/C21H32N6O3.ClH/c22-18(28)13-16-12-17(14-26-19(29)9-4-10-25-21(23)24)27(20(16)30)11-5-8-15-6-2-1-3-7-15;/h1-3,6-7,16-17H,4-5,8-14H2,(H2,22,28)(H,26,29)(H4,23,24,25);1H/t16-,17-;/m0./s1. The third kappa shape index (κ3) is 9.25. The Morgan fingerprint density at radius 2 is 1.84 bits per heavy atom. The monoisotopic (exact) mass is 452 g/mol. The molecule has 9 nitrogen and oxygen atoms in total. The van der Waals surface area contributed by atoms with Crippen LogP contribution in [0.25, 0.3) is 0 Å². The number of carbonyl (C=O) groups is 3. The van der Waals surface area contributed by atoms with Crippen molar-refractivity contribution >= 4 is 36.1 Å². The van der Waals surface area contributed by atoms with Gasteiger partial charge in [0.15, 0.2) is 5.96 Å². The number of hydrogen-bond donors (Lipinski definition) is 4. The number of amides is 3. The van der Waals surface area contributed by atoms with Crippen LogP contribution in [-0.4, -0.2) is 54.3 Å². The molecule has 1 heterocycles. The molecule has 1 aromatic rings. The summed E-state index contributed by atoms with van der Waals surface area (Å²) >= 11 is 0. The first-order valence-electron chi connectivity index (χ1n) is 10.3. The van der Waals surface area contributed by atoms with Gasteiger partial charge in [-0.2, -0.15) is 0 Å². The van der Waals surface area contributed by atoms with Crippen LogP contribution in [0.4, 0.5) is 0 Å². The molecule has 0 saturated carbocycles. The Hall–Kier alpha value is -2.81. The number of aliphatic imine (C=N–C) groups is 1. The number of guanidine groups is 1. The van der Waals surface area contributed by atoms with Gasteiger partial charge >= 0.3 is 0 Å². The summed E-state index contributed by atoms with van der Waals surface area (Å²) in [5.74, 6) is -1.07.